The summed E-state index contributed by atoms with van der Waals surface area (Å²) in [6, 6.07) is 11.4. The maximum Gasteiger partial charge on any atom is 0.221 e. The first-order valence-electron chi connectivity index (χ1n) is 6.01. The first-order chi connectivity index (χ1) is 9.60. The lowest BCUT2D eigenvalue weighted by molar-refractivity contribution is -0.114. The molecule has 1 N–H and O–H groups in total. The molecule has 0 saturated carbocycles. The van der Waals surface area contributed by atoms with E-state index >= 15 is 0 Å². The van der Waals surface area contributed by atoms with Gasteiger partial charge in [-0.3, -0.25) is 4.79 Å². The Morgan fingerprint density at radius 2 is 2.00 bits per heavy atom. The van der Waals surface area contributed by atoms with E-state index in [1.54, 1.807) is 6.20 Å². The summed E-state index contributed by atoms with van der Waals surface area (Å²) in [6.45, 7) is 3.36. The number of hydrogen-bond acceptors (Lipinski definition) is 4. The van der Waals surface area contributed by atoms with Crippen LogP contribution in [0.15, 0.2) is 46.5 Å². The number of aryl methyl sites for hydroxylation is 1. The van der Waals surface area contributed by atoms with Crippen LogP contribution in [0.4, 0.5) is 5.69 Å². The third kappa shape index (κ3) is 3.37. The standard InChI is InChI=1S/C15H13N3OS/c1-10-7-8-17-15(14(10)9-16)20-13-5-3-12(4-6-13)18-11(2)19/h3-8H,1-2H3,(H,18,19). The van der Waals surface area contributed by atoms with Gasteiger partial charge in [-0.25, -0.2) is 4.98 Å². The minimum absolute atomic E-state index is 0.0995. The fraction of sp³-hybridized carbons (Fsp3) is 0.133. The van der Waals surface area contributed by atoms with Gasteiger partial charge in [-0.15, -0.1) is 0 Å². The Labute approximate surface area is 121 Å². The minimum atomic E-state index is -0.0995. The summed E-state index contributed by atoms with van der Waals surface area (Å²) in [5, 5.41) is 12.6. The van der Waals surface area contributed by atoms with Crippen LogP contribution in [0.1, 0.15) is 18.1 Å². The Balaban J connectivity index is 2.21. The molecule has 5 heteroatoms. The average molecular weight is 283 g/mol. The van der Waals surface area contributed by atoms with Crippen LogP contribution in [0.5, 0.6) is 0 Å². The van der Waals surface area contributed by atoms with Crippen LogP contribution in [-0.4, -0.2) is 10.9 Å². The molecule has 20 heavy (non-hydrogen) atoms. The van der Waals surface area contributed by atoms with Crippen LogP contribution < -0.4 is 5.32 Å². The van der Waals surface area contributed by atoms with Crippen molar-refractivity contribution >= 4 is 23.4 Å². The maximum atomic E-state index is 10.9. The molecule has 0 bridgehead atoms. The summed E-state index contributed by atoms with van der Waals surface area (Å²) in [5.74, 6) is -0.0995. The van der Waals surface area contributed by atoms with Gasteiger partial charge in [-0.2, -0.15) is 5.26 Å². The molecule has 0 unspecified atom stereocenters. The van der Waals surface area contributed by atoms with E-state index in [2.05, 4.69) is 16.4 Å². The van der Waals surface area contributed by atoms with Crippen LogP contribution in [0.2, 0.25) is 0 Å². The number of aromatic nitrogens is 1. The fourth-order valence-electron chi connectivity index (χ4n) is 1.67. The van der Waals surface area contributed by atoms with Gasteiger partial charge >= 0.3 is 0 Å². The van der Waals surface area contributed by atoms with Gasteiger partial charge in [0.05, 0.1) is 5.56 Å². The second kappa shape index (κ2) is 6.22. The number of hydrogen-bond donors (Lipinski definition) is 1. The topological polar surface area (TPSA) is 65.8 Å². The van der Waals surface area contributed by atoms with Crippen molar-refractivity contribution in [3.63, 3.8) is 0 Å². The molecule has 1 aromatic carbocycles. The molecular formula is C15H13N3OS. The van der Waals surface area contributed by atoms with Gasteiger partial charge < -0.3 is 5.32 Å². The van der Waals surface area contributed by atoms with Gasteiger partial charge in [0.25, 0.3) is 0 Å². The Kier molecular flexibility index (Phi) is 4.38. The van der Waals surface area contributed by atoms with E-state index < -0.39 is 0 Å². The van der Waals surface area contributed by atoms with E-state index in [0.29, 0.717) is 10.6 Å². The number of anilines is 1. The number of nitrogens with one attached hydrogen (secondary N) is 1. The Morgan fingerprint density at radius 1 is 1.30 bits per heavy atom. The van der Waals surface area contributed by atoms with Gasteiger partial charge in [0.1, 0.15) is 11.1 Å². The molecule has 0 radical (unpaired) electrons. The normalized spacial score (nSPS) is 9.85. The molecular weight excluding hydrogens is 270 g/mol. The molecule has 0 aliphatic rings. The first-order valence-corrected chi connectivity index (χ1v) is 6.83. The van der Waals surface area contributed by atoms with Crippen LogP contribution >= 0.6 is 11.8 Å². The second-order valence-corrected chi connectivity index (χ2v) is 5.29. The quantitative estimate of drug-likeness (QED) is 0.937. The van der Waals surface area contributed by atoms with Gasteiger partial charge in [0.2, 0.25) is 5.91 Å². The number of nitriles is 1. The van der Waals surface area contributed by atoms with Gasteiger partial charge in [-0.1, -0.05) is 11.8 Å². The van der Waals surface area contributed by atoms with E-state index in [-0.39, 0.29) is 5.91 Å². The van der Waals surface area contributed by atoms with Crippen molar-refractivity contribution in [2.45, 2.75) is 23.8 Å². The highest BCUT2D eigenvalue weighted by molar-refractivity contribution is 7.99. The number of pyridine rings is 1. The van der Waals surface area contributed by atoms with Crippen LogP contribution in [0, 0.1) is 18.3 Å². The molecule has 1 heterocycles. The Morgan fingerprint density at radius 3 is 2.60 bits per heavy atom. The summed E-state index contributed by atoms with van der Waals surface area (Å²) in [5.41, 5.74) is 2.27. The highest BCUT2D eigenvalue weighted by Crippen LogP contribution is 2.30. The molecule has 0 atom stereocenters. The molecule has 0 aliphatic carbocycles. The van der Waals surface area contributed by atoms with Crippen molar-refractivity contribution in [2.75, 3.05) is 5.32 Å². The van der Waals surface area contributed by atoms with Crippen molar-refractivity contribution < 1.29 is 4.79 Å². The number of amides is 1. The summed E-state index contributed by atoms with van der Waals surface area (Å²) < 4.78 is 0. The van der Waals surface area contributed by atoms with Crippen molar-refractivity contribution in [2.24, 2.45) is 0 Å². The van der Waals surface area contributed by atoms with Crippen molar-refractivity contribution in [1.29, 1.82) is 5.26 Å². The summed E-state index contributed by atoms with van der Waals surface area (Å²) >= 11 is 1.43. The molecule has 1 aromatic heterocycles. The molecule has 2 aromatic rings. The zero-order valence-electron chi connectivity index (χ0n) is 11.2. The molecule has 2 rings (SSSR count). The van der Waals surface area contributed by atoms with E-state index in [9.17, 15) is 4.79 Å². The minimum Gasteiger partial charge on any atom is -0.326 e. The molecule has 1 amide bonds. The van der Waals surface area contributed by atoms with Gasteiger partial charge in [-0.05, 0) is 42.8 Å². The molecule has 0 aliphatic heterocycles. The van der Waals surface area contributed by atoms with Crippen molar-refractivity contribution in [3.8, 4) is 6.07 Å². The summed E-state index contributed by atoms with van der Waals surface area (Å²) in [4.78, 5) is 16.2. The SMILES string of the molecule is CC(=O)Nc1ccc(Sc2nccc(C)c2C#N)cc1. The van der Waals surface area contributed by atoms with E-state index in [0.717, 1.165) is 16.1 Å². The molecule has 100 valence electrons. The molecule has 0 spiro atoms. The second-order valence-electron chi connectivity index (χ2n) is 4.23. The number of rotatable bonds is 3. The lowest BCUT2D eigenvalue weighted by Crippen LogP contribution is -2.05. The van der Waals surface area contributed by atoms with Crippen LogP contribution in [-0.2, 0) is 4.79 Å². The van der Waals surface area contributed by atoms with E-state index in [1.165, 1.54) is 18.7 Å². The number of carbonyl (C=O) groups is 1. The third-order valence-corrected chi connectivity index (χ3v) is 3.64. The van der Waals surface area contributed by atoms with Crippen LogP contribution in [0.25, 0.3) is 0 Å². The highest BCUT2D eigenvalue weighted by Gasteiger charge is 2.08. The number of nitrogens with zero attached hydrogens (tertiary/aromatic N) is 2. The molecule has 0 saturated heterocycles. The highest BCUT2D eigenvalue weighted by atomic mass is 32.2. The number of carbonyl (C=O) groups excluding carboxylic acids is 1. The lowest BCUT2D eigenvalue weighted by Gasteiger charge is -2.06. The maximum absolute atomic E-state index is 10.9. The Hall–Kier alpha value is -2.32. The molecule has 0 fully saturated rings. The van der Waals surface area contributed by atoms with E-state index in [1.807, 2.05) is 37.3 Å². The smallest absolute Gasteiger partial charge is 0.221 e. The predicted molar refractivity (Wildman–Crippen MR) is 78.6 cm³/mol. The Bertz CT molecular complexity index is 675. The third-order valence-electron chi connectivity index (χ3n) is 2.63. The summed E-state index contributed by atoms with van der Waals surface area (Å²) in [7, 11) is 0. The van der Waals surface area contributed by atoms with Crippen molar-refractivity contribution in [1.82, 2.24) is 4.98 Å². The summed E-state index contributed by atoms with van der Waals surface area (Å²) in [6.07, 6.45) is 1.70. The monoisotopic (exact) mass is 283 g/mol. The molecule has 4 nitrogen and oxygen atoms in total. The van der Waals surface area contributed by atoms with Gasteiger partial charge in [0.15, 0.2) is 0 Å². The largest absolute Gasteiger partial charge is 0.326 e. The first kappa shape index (κ1) is 14.1. The fourth-order valence-corrected chi connectivity index (χ4v) is 2.59. The number of benzene rings is 1. The van der Waals surface area contributed by atoms with Crippen LogP contribution in [0.3, 0.4) is 0 Å². The lowest BCUT2D eigenvalue weighted by atomic mass is 10.2. The zero-order chi connectivity index (χ0) is 14.5. The average Bonchev–Trinajstić information content (AvgIpc) is 2.41. The van der Waals surface area contributed by atoms with Gasteiger partial charge in [0, 0.05) is 23.7 Å². The zero-order valence-corrected chi connectivity index (χ0v) is 12.0. The predicted octanol–water partition coefficient (Wildman–Crippen LogP) is 3.37. The van der Waals surface area contributed by atoms with E-state index in [4.69, 9.17) is 5.26 Å². The van der Waals surface area contributed by atoms with Crippen molar-refractivity contribution in [3.05, 3.63) is 47.7 Å².